The summed E-state index contributed by atoms with van der Waals surface area (Å²) in [4.78, 5) is 35.8. The van der Waals surface area contributed by atoms with Crippen LogP contribution in [-0.4, -0.2) is 24.4 Å². The molecule has 0 unspecified atom stereocenters. The maximum Gasteiger partial charge on any atom is 0.312 e. The lowest BCUT2D eigenvalue weighted by atomic mass is 9.86. The summed E-state index contributed by atoms with van der Waals surface area (Å²) < 4.78 is 5.11. The number of carbonyl (C=O) groups is 3. The second-order valence-corrected chi connectivity index (χ2v) is 8.16. The van der Waals surface area contributed by atoms with Gasteiger partial charge in [-0.15, -0.1) is 0 Å². The molecule has 0 fully saturated rings. The SMILES string of the molecule is CC(C)(C)c1ccc(C(=O)COC(=O)C[C@H](NC(N)=O)c2ccc(Cl)cc2)cc1. The van der Waals surface area contributed by atoms with Gasteiger partial charge in [0.25, 0.3) is 0 Å². The Morgan fingerprint density at radius 3 is 2.14 bits per heavy atom. The van der Waals surface area contributed by atoms with Crippen molar-refractivity contribution in [2.24, 2.45) is 5.73 Å². The second-order valence-electron chi connectivity index (χ2n) is 7.73. The van der Waals surface area contributed by atoms with Gasteiger partial charge in [-0.3, -0.25) is 9.59 Å². The number of esters is 1. The average molecular weight is 417 g/mol. The minimum atomic E-state index is -0.771. The zero-order valence-electron chi connectivity index (χ0n) is 16.7. The van der Waals surface area contributed by atoms with E-state index in [-0.39, 0.29) is 24.2 Å². The van der Waals surface area contributed by atoms with Crippen molar-refractivity contribution in [3.63, 3.8) is 0 Å². The van der Waals surface area contributed by atoms with Crippen LogP contribution in [0.4, 0.5) is 4.79 Å². The lowest BCUT2D eigenvalue weighted by Crippen LogP contribution is -2.34. The van der Waals surface area contributed by atoms with Crippen LogP contribution in [0.5, 0.6) is 0 Å². The highest BCUT2D eigenvalue weighted by atomic mass is 35.5. The summed E-state index contributed by atoms with van der Waals surface area (Å²) in [7, 11) is 0. The number of urea groups is 1. The highest BCUT2D eigenvalue weighted by molar-refractivity contribution is 6.30. The minimum Gasteiger partial charge on any atom is -0.457 e. The van der Waals surface area contributed by atoms with Crippen molar-refractivity contribution in [2.45, 2.75) is 38.6 Å². The van der Waals surface area contributed by atoms with E-state index in [0.717, 1.165) is 5.56 Å². The Bertz CT molecular complexity index is 871. The van der Waals surface area contributed by atoms with Crippen molar-refractivity contribution in [3.8, 4) is 0 Å². The maximum atomic E-state index is 12.3. The third kappa shape index (κ3) is 6.91. The fourth-order valence-corrected chi connectivity index (χ4v) is 2.86. The van der Waals surface area contributed by atoms with Crippen molar-refractivity contribution in [1.82, 2.24) is 5.32 Å². The fraction of sp³-hybridized carbons (Fsp3) is 0.318. The number of nitrogens with two attached hydrogens (primary N) is 1. The van der Waals surface area contributed by atoms with Gasteiger partial charge in [0.15, 0.2) is 12.4 Å². The van der Waals surface area contributed by atoms with E-state index in [1.807, 2.05) is 12.1 Å². The van der Waals surface area contributed by atoms with Crippen LogP contribution in [0, 0.1) is 0 Å². The highest BCUT2D eigenvalue weighted by Crippen LogP contribution is 2.23. The molecule has 7 heteroatoms. The van der Waals surface area contributed by atoms with Gasteiger partial charge in [0, 0.05) is 10.6 Å². The Balaban J connectivity index is 1.96. The molecule has 0 saturated heterocycles. The Kier molecular flexibility index (Phi) is 7.40. The Morgan fingerprint density at radius 2 is 1.62 bits per heavy atom. The third-order valence-electron chi connectivity index (χ3n) is 4.40. The number of hydrogen-bond acceptors (Lipinski definition) is 4. The zero-order valence-corrected chi connectivity index (χ0v) is 17.5. The van der Waals surface area contributed by atoms with E-state index in [9.17, 15) is 14.4 Å². The smallest absolute Gasteiger partial charge is 0.312 e. The molecule has 0 heterocycles. The molecule has 2 aromatic carbocycles. The first-order valence-electron chi connectivity index (χ1n) is 9.17. The van der Waals surface area contributed by atoms with E-state index >= 15 is 0 Å². The predicted octanol–water partition coefficient (Wildman–Crippen LogP) is 4.16. The van der Waals surface area contributed by atoms with E-state index in [4.69, 9.17) is 22.1 Å². The van der Waals surface area contributed by atoms with Crippen LogP contribution in [0.15, 0.2) is 48.5 Å². The molecular weight excluding hydrogens is 392 g/mol. The van der Waals surface area contributed by atoms with E-state index in [1.165, 1.54) is 0 Å². The molecule has 0 spiro atoms. The van der Waals surface area contributed by atoms with Crippen LogP contribution < -0.4 is 11.1 Å². The summed E-state index contributed by atoms with van der Waals surface area (Å²) in [5.74, 6) is -0.928. The number of Topliss-reactive ketones (excluding diaryl/α,β-unsaturated/α-hetero) is 1. The molecule has 2 rings (SSSR count). The van der Waals surface area contributed by atoms with Gasteiger partial charge < -0.3 is 15.8 Å². The number of carbonyl (C=O) groups excluding carboxylic acids is 3. The Morgan fingerprint density at radius 1 is 1.03 bits per heavy atom. The lowest BCUT2D eigenvalue weighted by molar-refractivity contribution is -0.143. The molecule has 0 aliphatic rings. The predicted molar refractivity (Wildman–Crippen MR) is 112 cm³/mol. The highest BCUT2D eigenvalue weighted by Gasteiger charge is 2.20. The molecule has 1 atom stereocenters. The standard InChI is InChI=1S/C22H25ClN2O4/c1-22(2,3)16-8-4-15(5-9-16)19(26)13-29-20(27)12-18(25-21(24)28)14-6-10-17(23)11-7-14/h4-11,18H,12-13H2,1-3H3,(H3,24,25,28)/t18-/m0/s1. The molecule has 0 aromatic heterocycles. The molecule has 0 saturated carbocycles. The van der Waals surface area contributed by atoms with Crippen LogP contribution in [0.2, 0.25) is 5.02 Å². The summed E-state index contributed by atoms with van der Waals surface area (Å²) in [6, 6.07) is 12.4. The molecule has 0 radical (unpaired) electrons. The number of nitrogens with one attached hydrogen (secondary N) is 1. The molecule has 154 valence electrons. The van der Waals surface area contributed by atoms with Gasteiger partial charge in [0.1, 0.15) is 0 Å². The number of ether oxygens (including phenoxy) is 1. The van der Waals surface area contributed by atoms with Crippen molar-refractivity contribution < 1.29 is 19.1 Å². The number of primary amides is 1. The minimum absolute atomic E-state index is 0.0157. The summed E-state index contributed by atoms with van der Waals surface area (Å²) >= 11 is 5.86. The van der Waals surface area contributed by atoms with Gasteiger partial charge in [0.2, 0.25) is 0 Å². The maximum absolute atomic E-state index is 12.3. The largest absolute Gasteiger partial charge is 0.457 e. The van der Waals surface area contributed by atoms with Crippen LogP contribution in [0.1, 0.15) is 54.7 Å². The number of rotatable bonds is 7. The average Bonchev–Trinajstić information content (AvgIpc) is 2.65. The Hall–Kier alpha value is -2.86. The molecule has 0 aliphatic heterocycles. The van der Waals surface area contributed by atoms with Gasteiger partial charge in [-0.05, 0) is 28.7 Å². The van der Waals surface area contributed by atoms with Crippen LogP contribution in [0.25, 0.3) is 0 Å². The quantitative estimate of drug-likeness (QED) is 0.522. The molecule has 0 aliphatic carbocycles. The van der Waals surface area contributed by atoms with Crippen molar-refractivity contribution in [1.29, 1.82) is 0 Å². The molecule has 0 bridgehead atoms. The van der Waals surface area contributed by atoms with E-state index in [0.29, 0.717) is 16.1 Å². The van der Waals surface area contributed by atoms with E-state index in [1.54, 1.807) is 36.4 Å². The normalized spacial score (nSPS) is 12.1. The van der Waals surface area contributed by atoms with Crippen molar-refractivity contribution in [3.05, 3.63) is 70.2 Å². The first-order chi connectivity index (χ1) is 13.6. The van der Waals surface area contributed by atoms with Gasteiger partial charge in [-0.1, -0.05) is 68.8 Å². The fourth-order valence-electron chi connectivity index (χ4n) is 2.73. The van der Waals surface area contributed by atoms with Crippen LogP contribution >= 0.6 is 11.6 Å². The number of amides is 2. The lowest BCUT2D eigenvalue weighted by Gasteiger charge is -2.19. The number of hydrogen-bond donors (Lipinski definition) is 2. The van der Waals surface area contributed by atoms with E-state index in [2.05, 4.69) is 26.1 Å². The molecular formula is C22H25ClN2O4. The molecule has 2 aromatic rings. The monoisotopic (exact) mass is 416 g/mol. The van der Waals surface area contributed by atoms with Crippen LogP contribution in [0.3, 0.4) is 0 Å². The van der Waals surface area contributed by atoms with Gasteiger partial charge in [-0.25, -0.2) is 4.79 Å². The third-order valence-corrected chi connectivity index (χ3v) is 4.65. The number of halogens is 1. The number of ketones is 1. The topological polar surface area (TPSA) is 98.5 Å². The molecule has 2 amide bonds. The number of benzene rings is 2. The summed E-state index contributed by atoms with van der Waals surface area (Å²) in [5, 5.41) is 3.02. The molecule has 3 N–H and O–H groups in total. The molecule has 29 heavy (non-hydrogen) atoms. The summed E-state index contributed by atoms with van der Waals surface area (Å²) in [5.41, 5.74) is 7.40. The first kappa shape index (κ1) is 22.4. The van der Waals surface area contributed by atoms with Gasteiger partial charge in [0.05, 0.1) is 12.5 Å². The zero-order chi connectivity index (χ0) is 21.6. The summed E-state index contributed by atoms with van der Waals surface area (Å²) in [6.07, 6.45) is -0.166. The molecule has 6 nitrogen and oxygen atoms in total. The first-order valence-corrected chi connectivity index (χ1v) is 9.55. The second kappa shape index (κ2) is 9.56. The van der Waals surface area contributed by atoms with Gasteiger partial charge >= 0.3 is 12.0 Å². The van der Waals surface area contributed by atoms with E-state index < -0.39 is 18.0 Å². The van der Waals surface area contributed by atoms with Gasteiger partial charge in [-0.2, -0.15) is 0 Å². The summed E-state index contributed by atoms with van der Waals surface area (Å²) in [6.45, 7) is 5.88. The van der Waals surface area contributed by atoms with Crippen molar-refractivity contribution >= 4 is 29.4 Å². The van der Waals surface area contributed by atoms with Crippen LogP contribution in [-0.2, 0) is 14.9 Å². The van der Waals surface area contributed by atoms with Crippen molar-refractivity contribution in [2.75, 3.05) is 6.61 Å². The Labute approximate surface area is 175 Å².